The van der Waals surface area contributed by atoms with Crippen LogP contribution in [0.2, 0.25) is 0 Å². The van der Waals surface area contributed by atoms with Gasteiger partial charge in [0.2, 0.25) is 0 Å². The second-order valence-corrected chi connectivity index (χ2v) is 3.99. The van der Waals surface area contributed by atoms with Crippen molar-refractivity contribution in [2.45, 2.75) is 6.18 Å². The number of nitrogens with two attached hydrogens (primary N) is 1. The zero-order valence-electron chi connectivity index (χ0n) is 10.1. The second kappa shape index (κ2) is 5.13. The number of nitrogens with zero attached hydrogens (tertiary/aromatic N) is 1. The van der Waals surface area contributed by atoms with Crippen LogP contribution in [-0.4, -0.2) is 0 Å². The SMILES string of the molecule is N#Cc1cc(N)ccc1Oc1ccc(C(F)(F)F)cc1. The molecule has 2 rings (SSSR count). The van der Waals surface area contributed by atoms with Crippen molar-refractivity contribution >= 4 is 5.69 Å². The van der Waals surface area contributed by atoms with Crippen LogP contribution in [0, 0.1) is 11.3 Å². The molecular formula is C14H9F3N2O. The number of ether oxygens (including phenoxy) is 1. The summed E-state index contributed by atoms with van der Waals surface area (Å²) in [5, 5.41) is 8.94. The lowest BCUT2D eigenvalue weighted by atomic mass is 10.2. The molecule has 102 valence electrons. The highest BCUT2D eigenvalue weighted by Gasteiger charge is 2.30. The van der Waals surface area contributed by atoms with Gasteiger partial charge in [-0.05, 0) is 42.5 Å². The maximum atomic E-state index is 12.4. The Labute approximate surface area is 113 Å². The third-order valence-corrected chi connectivity index (χ3v) is 2.53. The first kappa shape index (κ1) is 13.7. The van der Waals surface area contributed by atoms with Crippen molar-refractivity contribution in [2.75, 3.05) is 5.73 Å². The van der Waals surface area contributed by atoms with Crippen molar-refractivity contribution in [1.82, 2.24) is 0 Å². The van der Waals surface area contributed by atoms with Crippen molar-refractivity contribution in [1.29, 1.82) is 5.26 Å². The van der Waals surface area contributed by atoms with Gasteiger partial charge in [-0.3, -0.25) is 0 Å². The fraction of sp³-hybridized carbons (Fsp3) is 0.0714. The van der Waals surface area contributed by atoms with E-state index in [0.29, 0.717) is 5.69 Å². The molecule has 2 aromatic carbocycles. The Bertz CT molecular complexity index is 658. The van der Waals surface area contributed by atoms with Gasteiger partial charge in [-0.2, -0.15) is 18.4 Å². The lowest BCUT2D eigenvalue weighted by Crippen LogP contribution is -2.04. The maximum Gasteiger partial charge on any atom is 0.416 e. The Morgan fingerprint density at radius 2 is 1.70 bits per heavy atom. The van der Waals surface area contributed by atoms with E-state index in [-0.39, 0.29) is 17.1 Å². The van der Waals surface area contributed by atoms with Crippen LogP contribution in [-0.2, 0) is 6.18 Å². The van der Waals surface area contributed by atoms with E-state index in [4.69, 9.17) is 15.7 Å². The molecule has 0 amide bonds. The van der Waals surface area contributed by atoms with Gasteiger partial charge in [0.15, 0.2) is 0 Å². The van der Waals surface area contributed by atoms with Gasteiger partial charge < -0.3 is 10.5 Å². The summed E-state index contributed by atoms with van der Waals surface area (Å²) in [7, 11) is 0. The van der Waals surface area contributed by atoms with E-state index in [0.717, 1.165) is 12.1 Å². The molecule has 6 heteroatoms. The molecule has 20 heavy (non-hydrogen) atoms. The number of benzene rings is 2. The van der Waals surface area contributed by atoms with E-state index in [1.165, 1.54) is 24.3 Å². The van der Waals surface area contributed by atoms with Crippen molar-refractivity contribution in [3.8, 4) is 17.6 Å². The first-order chi connectivity index (χ1) is 9.40. The quantitative estimate of drug-likeness (QED) is 0.846. The summed E-state index contributed by atoms with van der Waals surface area (Å²) < 4.78 is 42.6. The highest BCUT2D eigenvalue weighted by atomic mass is 19.4. The van der Waals surface area contributed by atoms with Gasteiger partial charge >= 0.3 is 6.18 Å². The molecule has 0 saturated carbocycles. The maximum absolute atomic E-state index is 12.4. The Morgan fingerprint density at radius 1 is 1.05 bits per heavy atom. The van der Waals surface area contributed by atoms with Gasteiger partial charge in [0.05, 0.1) is 11.1 Å². The molecule has 0 unspecified atom stereocenters. The number of anilines is 1. The molecule has 0 fully saturated rings. The average Bonchev–Trinajstić information content (AvgIpc) is 2.40. The zero-order valence-corrected chi connectivity index (χ0v) is 10.1. The summed E-state index contributed by atoms with van der Waals surface area (Å²) in [4.78, 5) is 0. The smallest absolute Gasteiger partial charge is 0.416 e. The molecular weight excluding hydrogens is 269 g/mol. The average molecular weight is 278 g/mol. The molecule has 0 heterocycles. The summed E-state index contributed by atoms with van der Waals surface area (Å²) in [6.07, 6.45) is -4.39. The fourth-order valence-corrected chi connectivity index (χ4v) is 1.56. The molecule has 0 spiro atoms. The summed E-state index contributed by atoms with van der Waals surface area (Å²) in [6.45, 7) is 0. The fourth-order valence-electron chi connectivity index (χ4n) is 1.56. The van der Waals surface area contributed by atoms with Crippen LogP contribution in [0.15, 0.2) is 42.5 Å². The summed E-state index contributed by atoms with van der Waals surface area (Å²) >= 11 is 0. The van der Waals surface area contributed by atoms with E-state index < -0.39 is 11.7 Å². The van der Waals surface area contributed by atoms with Crippen molar-refractivity contribution in [2.24, 2.45) is 0 Å². The molecule has 0 atom stereocenters. The van der Waals surface area contributed by atoms with Gasteiger partial charge in [-0.1, -0.05) is 0 Å². The van der Waals surface area contributed by atoms with E-state index in [1.54, 1.807) is 6.07 Å². The van der Waals surface area contributed by atoms with Gasteiger partial charge in [0, 0.05) is 5.69 Å². The van der Waals surface area contributed by atoms with Crippen LogP contribution in [0.1, 0.15) is 11.1 Å². The minimum Gasteiger partial charge on any atom is -0.456 e. The monoisotopic (exact) mass is 278 g/mol. The zero-order chi connectivity index (χ0) is 14.8. The van der Waals surface area contributed by atoms with Gasteiger partial charge in [-0.15, -0.1) is 0 Å². The first-order valence-electron chi connectivity index (χ1n) is 5.55. The summed E-state index contributed by atoms with van der Waals surface area (Å²) in [5.41, 5.74) is 5.39. The number of rotatable bonds is 2. The lowest BCUT2D eigenvalue weighted by molar-refractivity contribution is -0.137. The third-order valence-electron chi connectivity index (χ3n) is 2.53. The number of nitriles is 1. The highest BCUT2D eigenvalue weighted by molar-refractivity contribution is 5.54. The number of hydrogen-bond donors (Lipinski definition) is 1. The molecule has 0 bridgehead atoms. The molecule has 3 nitrogen and oxygen atoms in total. The first-order valence-corrected chi connectivity index (χ1v) is 5.55. The Kier molecular flexibility index (Phi) is 3.53. The molecule has 0 saturated heterocycles. The van der Waals surface area contributed by atoms with Crippen LogP contribution in [0.5, 0.6) is 11.5 Å². The normalized spacial score (nSPS) is 10.9. The van der Waals surface area contributed by atoms with E-state index in [2.05, 4.69) is 0 Å². The molecule has 0 aliphatic heterocycles. The van der Waals surface area contributed by atoms with Crippen LogP contribution >= 0.6 is 0 Å². The summed E-state index contributed by atoms with van der Waals surface area (Å²) in [5.74, 6) is 0.445. The second-order valence-electron chi connectivity index (χ2n) is 3.99. The molecule has 0 aliphatic rings. The predicted molar refractivity (Wildman–Crippen MR) is 67.1 cm³/mol. The number of alkyl halides is 3. The topological polar surface area (TPSA) is 59.0 Å². The van der Waals surface area contributed by atoms with Crippen molar-refractivity contribution in [3.05, 3.63) is 53.6 Å². The van der Waals surface area contributed by atoms with E-state index in [1.807, 2.05) is 6.07 Å². The number of halogens is 3. The minimum absolute atomic E-state index is 0.208. The van der Waals surface area contributed by atoms with E-state index in [9.17, 15) is 13.2 Å². The predicted octanol–water partition coefficient (Wildman–Crippen LogP) is 3.95. The molecule has 0 aliphatic carbocycles. The van der Waals surface area contributed by atoms with Crippen LogP contribution < -0.4 is 10.5 Å². The minimum atomic E-state index is -4.39. The molecule has 2 N–H and O–H groups in total. The molecule has 0 aromatic heterocycles. The Hall–Kier alpha value is -2.68. The lowest BCUT2D eigenvalue weighted by Gasteiger charge is -2.10. The van der Waals surface area contributed by atoms with Gasteiger partial charge in [0.1, 0.15) is 17.6 Å². The standard InChI is InChI=1S/C14H9F3N2O/c15-14(16,17)10-1-4-12(5-2-10)20-13-6-3-11(19)7-9(13)8-18/h1-7H,19H2. The van der Waals surface area contributed by atoms with Crippen LogP contribution in [0.3, 0.4) is 0 Å². The van der Waals surface area contributed by atoms with E-state index >= 15 is 0 Å². The largest absolute Gasteiger partial charge is 0.456 e. The number of hydrogen-bond acceptors (Lipinski definition) is 3. The Morgan fingerprint density at radius 3 is 2.25 bits per heavy atom. The van der Waals surface area contributed by atoms with Gasteiger partial charge in [0.25, 0.3) is 0 Å². The molecule has 0 radical (unpaired) electrons. The van der Waals surface area contributed by atoms with Crippen LogP contribution in [0.4, 0.5) is 18.9 Å². The van der Waals surface area contributed by atoms with Crippen LogP contribution in [0.25, 0.3) is 0 Å². The third kappa shape index (κ3) is 3.01. The Balaban J connectivity index is 2.25. The summed E-state index contributed by atoms with van der Waals surface area (Å²) in [6, 6.07) is 10.6. The van der Waals surface area contributed by atoms with Crippen molar-refractivity contribution in [3.63, 3.8) is 0 Å². The highest BCUT2D eigenvalue weighted by Crippen LogP contribution is 2.32. The van der Waals surface area contributed by atoms with Crippen molar-refractivity contribution < 1.29 is 17.9 Å². The van der Waals surface area contributed by atoms with Gasteiger partial charge in [-0.25, -0.2) is 0 Å². The number of nitrogen functional groups attached to an aromatic ring is 1. The molecule has 2 aromatic rings.